The van der Waals surface area contributed by atoms with E-state index in [1.54, 1.807) is 13.2 Å². The van der Waals surface area contributed by atoms with E-state index in [2.05, 4.69) is 0 Å². The van der Waals surface area contributed by atoms with Crippen molar-refractivity contribution in [1.82, 2.24) is 4.90 Å². The van der Waals surface area contributed by atoms with Crippen LogP contribution in [0.2, 0.25) is 0 Å². The second-order valence-electron chi connectivity index (χ2n) is 5.65. The smallest absolute Gasteiger partial charge is 0.246 e. The number of hydrogen-bond acceptors (Lipinski definition) is 3. The number of methoxy groups -OCH3 is 1. The maximum Gasteiger partial charge on any atom is 0.246 e. The number of rotatable bonds is 5. The third-order valence-corrected chi connectivity index (χ3v) is 3.96. The van der Waals surface area contributed by atoms with Gasteiger partial charge in [0.25, 0.3) is 0 Å². The van der Waals surface area contributed by atoms with E-state index in [4.69, 9.17) is 10.5 Å². The minimum atomic E-state index is 0.0957. The van der Waals surface area contributed by atoms with Gasteiger partial charge in [0.05, 0.1) is 7.11 Å². The fourth-order valence-electron chi connectivity index (χ4n) is 2.73. The fraction of sp³-hybridized carbons (Fsp3) is 0.471. The Morgan fingerprint density at radius 3 is 2.90 bits per heavy atom. The van der Waals surface area contributed by atoms with E-state index in [0.29, 0.717) is 12.5 Å². The lowest BCUT2D eigenvalue weighted by atomic mass is 10.0. The van der Waals surface area contributed by atoms with E-state index >= 15 is 0 Å². The van der Waals surface area contributed by atoms with Crippen LogP contribution in [0.3, 0.4) is 0 Å². The average Bonchev–Trinajstić information content (AvgIpc) is 2.96. The Hall–Kier alpha value is -1.81. The molecule has 1 heterocycles. The summed E-state index contributed by atoms with van der Waals surface area (Å²) in [4.78, 5) is 14.1. The number of benzene rings is 1. The fourth-order valence-corrected chi connectivity index (χ4v) is 2.73. The van der Waals surface area contributed by atoms with E-state index in [1.807, 2.05) is 36.1 Å². The van der Waals surface area contributed by atoms with Crippen molar-refractivity contribution in [2.45, 2.75) is 19.8 Å². The molecule has 0 bridgehead atoms. The first-order valence-electron chi connectivity index (χ1n) is 7.42. The molecule has 0 spiro atoms. The summed E-state index contributed by atoms with van der Waals surface area (Å²) in [5, 5.41) is 0. The molecule has 21 heavy (non-hydrogen) atoms. The minimum Gasteiger partial charge on any atom is -0.496 e. The SMILES string of the molecule is COc1ccccc1CC(C)=CC(=O)N1CCC(CN)C1. The largest absolute Gasteiger partial charge is 0.496 e. The maximum absolute atomic E-state index is 12.2. The molecule has 1 aromatic carbocycles. The number of para-hydroxylation sites is 1. The number of nitrogens with two attached hydrogens (primary N) is 1. The van der Waals surface area contributed by atoms with Crippen molar-refractivity contribution in [2.24, 2.45) is 11.7 Å². The van der Waals surface area contributed by atoms with Gasteiger partial charge in [0, 0.05) is 19.2 Å². The molecule has 1 amide bonds. The Morgan fingerprint density at radius 1 is 1.48 bits per heavy atom. The zero-order valence-electron chi connectivity index (χ0n) is 12.8. The molecule has 4 heteroatoms. The molecule has 2 rings (SSSR count). The van der Waals surface area contributed by atoms with E-state index in [1.165, 1.54) is 0 Å². The van der Waals surface area contributed by atoms with Crippen molar-refractivity contribution < 1.29 is 9.53 Å². The zero-order chi connectivity index (χ0) is 15.2. The van der Waals surface area contributed by atoms with Gasteiger partial charge in [-0.1, -0.05) is 23.8 Å². The average molecular weight is 288 g/mol. The van der Waals surface area contributed by atoms with Crippen LogP contribution in [-0.2, 0) is 11.2 Å². The molecule has 114 valence electrons. The van der Waals surface area contributed by atoms with Crippen LogP contribution in [-0.4, -0.2) is 37.6 Å². The summed E-state index contributed by atoms with van der Waals surface area (Å²) in [6, 6.07) is 7.90. The second-order valence-corrected chi connectivity index (χ2v) is 5.65. The molecule has 1 fully saturated rings. The Balaban J connectivity index is 1.99. The summed E-state index contributed by atoms with van der Waals surface area (Å²) in [6.45, 7) is 4.25. The van der Waals surface area contributed by atoms with Gasteiger partial charge in [-0.3, -0.25) is 4.79 Å². The normalized spacial score (nSPS) is 18.9. The van der Waals surface area contributed by atoms with Gasteiger partial charge >= 0.3 is 0 Å². The Bertz CT molecular complexity index is 525. The molecule has 1 aliphatic heterocycles. The van der Waals surface area contributed by atoms with E-state index in [0.717, 1.165) is 42.8 Å². The molecule has 0 radical (unpaired) electrons. The van der Waals surface area contributed by atoms with Gasteiger partial charge in [0.15, 0.2) is 0 Å². The van der Waals surface area contributed by atoms with Gasteiger partial charge in [-0.15, -0.1) is 0 Å². The van der Waals surface area contributed by atoms with E-state index in [-0.39, 0.29) is 5.91 Å². The molecular weight excluding hydrogens is 264 g/mol. The van der Waals surface area contributed by atoms with Crippen LogP contribution in [0.25, 0.3) is 0 Å². The van der Waals surface area contributed by atoms with Crippen LogP contribution in [0.4, 0.5) is 0 Å². The van der Waals surface area contributed by atoms with Crippen molar-refractivity contribution in [3.63, 3.8) is 0 Å². The highest BCUT2D eigenvalue weighted by atomic mass is 16.5. The van der Waals surface area contributed by atoms with Gasteiger partial charge in [0.2, 0.25) is 5.91 Å². The lowest BCUT2D eigenvalue weighted by Crippen LogP contribution is -2.28. The van der Waals surface area contributed by atoms with Crippen LogP contribution in [0, 0.1) is 5.92 Å². The summed E-state index contributed by atoms with van der Waals surface area (Å²) in [5.41, 5.74) is 7.81. The molecule has 1 unspecified atom stereocenters. The summed E-state index contributed by atoms with van der Waals surface area (Å²) in [5.74, 6) is 1.41. The van der Waals surface area contributed by atoms with Gasteiger partial charge in [-0.2, -0.15) is 0 Å². The first kappa shape index (κ1) is 15.6. The number of ether oxygens (including phenoxy) is 1. The van der Waals surface area contributed by atoms with Crippen molar-refractivity contribution in [3.8, 4) is 5.75 Å². The number of hydrogen-bond donors (Lipinski definition) is 1. The predicted octanol–water partition coefficient (Wildman–Crippen LogP) is 1.99. The lowest BCUT2D eigenvalue weighted by molar-refractivity contribution is -0.125. The van der Waals surface area contributed by atoms with E-state index in [9.17, 15) is 4.79 Å². The second kappa shape index (κ2) is 7.27. The molecule has 0 saturated carbocycles. The summed E-state index contributed by atoms with van der Waals surface area (Å²) < 4.78 is 5.34. The van der Waals surface area contributed by atoms with Crippen molar-refractivity contribution in [3.05, 3.63) is 41.5 Å². The Labute approximate surface area is 126 Å². The summed E-state index contributed by atoms with van der Waals surface area (Å²) >= 11 is 0. The van der Waals surface area contributed by atoms with Crippen molar-refractivity contribution in [2.75, 3.05) is 26.7 Å². The van der Waals surface area contributed by atoms with Crippen molar-refractivity contribution >= 4 is 5.91 Å². The first-order valence-corrected chi connectivity index (χ1v) is 7.42. The van der Waals surface area contributed by atoms with Crippen LogP contribution in [0.1, 0.15) is 18.9 Å². The molecule has 4 nitrogen and oxygen atoms in total. The Morgan fingerprint density at radius 2 is 2.24 bits per heavy atom. The van der Waals surface area contributed by atoms with Crippen LogP contribution < -0.4 is 10.5 Å². The topological polar surface area (TPSA) is 55.6 Å². The number of carbonyl (C=O) groups is 1. The Kier molecular flexibility index (Phi) is 5.39. The minimum absolute atomic E-state index is 0.0957. The van der Waals surface area contributed by atoms with Gasteiger partial charge in [-0.25, -0.2) is 0 Å². The molecule has 1 aliphatic rings. The third-order valence-electron chi connectivity index (χ3n) is 3.96. The highest BCUT2D eigenvalue weighted by molar-refractivity contribution is 5.88. The maximum atomic E-state index is 12.2. The number of allylic oxidation sites excluding steroid dienone is 1. The number of carbonyl (C=O) groups excluding carboxylic acids is 1. The molecule has 2 N–H and O–H groups in total. The van der Waals surface area contributed by atoms with Gasteiger partial charge < -0.3 is 15.4 Å². The van der Waals surface area contributed by atoms with Crippen LogP contribution in [0.15, 0.2) is 35.9 Å². The standard InChI is InChI=1S/C17H24N2O2/c1-13(9-15-5-3-4-6-16(15)21-2)10-17(20)19-8-7-14(11-18)12-19/h3-6,10,14H,7-9,11-12,18H2,1-2H3. The number of likely N-dealkylation sites (tertiary alicyclic amines) is 1. The zero-order valence-corrected chi connectivity index (χ0v) is 12.8. The third kappa shape index (κ3) is 4.08. The van der Waals surface area contributed by atoms with Gasteiger partial charge in [0.1, 0.15) is 5.75 Å². The van der Waals surface area contributed by atoms with Crippen molar-refractivity contribution in [1.29, 1.82) is 0 Å². The highest BCUT2D eigenvalue weighted by Crippen LogP contribution is 2.21. The van der Waals surface area contributed by atoms with E-state index < -0.39 is 0 Å². The molecule has 0 aromatic heterocycles. The lowest BCUT2D eigenvalue weighted by Gasteiger charge is -2.15. The monoisotopic (exact) mass is 288 g/mol. The summed E-state index contributed by atoms with van der Waals surface area (Å²) in [6.07, 6.45) is 3.48. The first-order chi connectivity index (χ1) is 10.1. The van der Waals surface area contributed by atoms with Crippen LogP contribution in [0.5, 0.6) is 5.75 Å². The number of amides is 1. The van der Waals surface area contributed by atoms with Gasteiger partial charge in [-0.05, 0) is 43.9 Å². The quantitative estimate of drug-likeness (QED) is 0.843. The molecule has 1 atom stereocenters. The number of nitrogens with zero attached hydrogens (tertiary/aromatic N) is 1. The molecule has 1 saturated heterocycles. The molecule has 0 aliphatic carbocycles. The molecule has 1 aromatic rings. The van der Waals surface area contributed by atoms with Crippen LogP contribution >= 0.6 is 0 Å². The molecular formula is C17H24N2O2. The summed E-state index contributed by atoms with van der Waals surface area (Å²) in [7, 11) is 1.67. The highest BCUT2D eigenvalue weighted by Gasteiger charge is 2.23. The predicted molar refractivity (Wildman–Crippen MR) is 84.2 cm³/mol.